The standard InChI is InChI=1S/C30H31Cl2N3O5/c1-3-40-30(39)19(2)33-27(37)16-28(38)35(24-5-4-6-26(36)15-24)25-17-34(18-25)29(20-7-11-22(31)12-8-20)21-9-13-23(32)14-10-21/h4-15,19,25,29,36H,3,16-18H2,1-2H3,(H,33,37). The highest BCUT2D eigenvalue weighted by Gasteiger charge is 2.40. The Morgan fingerprint density at radius 1 is 1.00 bits per heavy atom. The van der Waals surface area contributed by atoms with E-state index in [0.717, 1.165) is 11.1 Å². The van der Waals surface area contributed by atoms with Gasteiger partial charge in [0.25, 0.3) is 0 Å². The number of esters is 1. The van der Waals surface area contributed by atoms with Gasteiger partial charge in [-0.05, 0) is 61.4 Å². The molecule has 0 aromatic heterocycles. The number of carbonyl (C=O) groups excluding carboxylic acids is 3. The molecule has 1 unspecified atom stereocenters. The Morgan fingerprint density at radius 3 is 2.10 bits per heavy atom. The van der Waals surface area contributed by atoms with Crippen molar-refractivity contribution in [1.82, 2.24) is 10.2 Å². The van der Waals surface area contributed by atoms with Crippen molar-refractivity contribution in [2.24, 2.45) is 0 Å². The van der Waals surface area contributed by atoms with E-state index in [1.807, 2.05) is 48.5 Å². The Balaban J connectivity index is 1.54. The molecule has 0 saturated carbocycles. The van der Waals surface area contributed by atoms with Gasteiger partial charge in [0.15, 0.2) is 0 Å². The Bertz CT molecular complexity index is 1300. The molecule has 3 aromatic carbocycles. The molecule has 3 aromatic rings. The first-order valence-corrected chi connectivity index (χ1v) is 13.7. The molecule has 8 nitrogen and oxygen atoms in total. The third-order valence-electron chi connectivity index (χ3n) is 6.70. The molecule has 1 saturated heterocycles. The molecule has 1 aliphatic heterocycles. The number of aromatic hydroxyl groups is 1. The molecule has 1 fully saturated rings. The lowest BCUT2D eigenvalue weighted by molar-refractivity contribution is -0.147. The van der Waals surface area contributed by atoms with Crippen molar-refractivity contribution in [3.63, 3.8) is 0 Å². The van der Waals surface area contributed by atoms with Gasteiger partial charge in [-0.1, -0.05) is 53.5 Å². The number of rotatable bonds is 10. The van der Waals surface area contributed by atoms with Crippen LogP contribution in [0.2, 0.25) is 10.0 Å². The summed E-state index contributed by atoms with van der Waals surface area (Å²) in [6, 6.07) is 20.4. The van der Waals surface area contributed by atoms with E-state index >= 15 is 0 Å². The number of carbonyl (C=O) groups is 3. The van der Waals surface area contributed by atoms with Gasteiger partial charge >= 0.3 is 5.97 Å². The zero-order valence-corrected chi connectivity index (χ0v) is 23.7. The van der Waals surface area contributed by atoms with Crippen LogP contribution in [0.3, 0.4) is 0 Å². The van der Waals surface area contributed by atoms with Crippen LogP contribution in [-0.2, 0) is 19.1 Å². The van der Waals surface area contributed by atoms with Crippen molar-refractivity contribution in [3.05, 3.63) is 94.0 Å². The van der Waals surface area contributed by atoms with Crippen molar-refractivity contribution in [2.75, 3.05) is 24.6 Å². The maximum absolute atomic E-state index is 13.5. The van der Waals surface area contributed by atoms with E-state index < -0.39 is 30.2 Å². The summed E-state index contributed by atoms with van der Waals surface area (Å²) in [5.74, 6) is -1.60. The van der Waals surface area contributed by atoms with Crippen LogP contribution in [0, 0.1) is 0 Å². The summed E-state index contributed by atoms with van der Waals surface area (Å²) >= 11 is 12.3. The first-order chi connectivity index (χ1) is 19.2. The van der Waals surface area contributed by atoms with Crippen molar-refractivity contribution in [3.8, 4) is 5.75 Å². The molecule has 0 radical (unpaired) electrons. The highest BCUT2D eigenvalue weighted by atomic mass is 35.5. The highest BCUT2D eigenvalue weighted by molar-refractivity contribution is 6.30. The number of anilines is 1. The normalized spacial score (nSPS) is 14.3. The van der Waals surface area contributed by atoms with E-state index in [4.69, 9.17) is 27.9 Å². The minimum absolute atomic E-state index is 0.00655. The zero-order valence-electron chi connectivity index (χ0n) is 22.2. The van der Waals surface area contributed by atoms with Crippen molar-refractivity contribution in [2.45, 2.75) is 38.4 Å². The molecule has 2 amide bonds. The number of hydrogen-bond donors (Lipinski definition) is 2. The van der Waals surface area contributed by atoms with E-state index in [1.54, 1.807) is 24.0 Å². The van der Waals surface area contributed by atoms with Crippen LogP contribution in [0.4, 0.5) is 5.69 Å². The van der Waals surface area contributed by atoms with E-state index in [-0.39, 0.29) is 24.4 Å². The number of hydrogen-bond acceptors (Lipinski definition) is 6. The largest absolute Gasteiger partial charge is 0.508 e. The van der Waals surface area contributed by atoms with Crippen LogP contribution >= 0.6 is 23.2 Å². The molecule has 40 heavy (non-hydrogen) atoms. The summed E-state index contributed by atoms with van der Waals surface area (Å²) in [7, 11) is 0. The van der Waals surface area contributed by atoms with Crippen LogP contribution in [-0.4, -0.2) is 59.6 Å². The average Bonchev–Trinajstić information content (AvgIpc) is 2.89. The summed E-state index contributed by atoms with van der Waals surface area (Å²) < 4.78 is 4.93. The summed E-state index contributed by atoms with van der Waals surface area (Å²) in [5, 5.41) is 13.9. The van der Waals surface area contributed by atoms with E-state index in [1.165, 1.54) is 19.1 Å². The SMILES string of the molecule is CCOC(=O)C(C)NC(=O)CC(=O)N(c1cccc(O)c1)C1CN(C(c2ccc(Cl)cc2)c2ccc(Cl)cc2)C1. The fourth-order valence-electron chi connectivity index (χ4n) is 4.81. The summed E-state index contributed by atoms with van der Waals surface area (Å²) in [5.41, 5.74) is 2.55. The van der Waals surface area contributed by atoms with E-state index in [0.29, 0.717) is 28.8 Å². The van der Waals surface area contributed by atoms with Gasteiger partial charge in [0, 0.05) is 34.9 Å². The molecular weight excluding hydrogens is 553 g/mol. The number of phenols is 1. The Kier molecular flexibility index (Phi) is 9.68. The van der Waals surface area contributed by atoms with Gasteiger partial charge in [0.2, 0.25) is 11.8 Å². The molecule has 210 valence electrons. The Labute approximate surface area is 243 Å². The van der Waals surface area contributed by atoms with Crippen LogP contribution in [0.25, 0.3) is 0 Å². The van der Waals surface area contributed by atoms with Gasteiger partial charge in [0.1, 0.15) is 18.2 Å². The van der Waals surface area contributed by atoms with Gasteiger partial charge in [-0.15, -0.1) is 0 Å². The lowest BCUT2D eigenvalue weighted by Gasteiger charge is -2.49. The fourth-order valence-corrected chi connectivity index (χ4v) is 5.06. The summed E-state index contributed by atoms with van der Waals surface area (Å²) in [4.78, 5) is 41.8. The number of benzene rings is 3. The first-order valence-electron chi connectivity index (χ1n) is 13.0. The average molecular weight is 585 g/mol. The molecule has 0 aliphatic carbocycles. The summed E-state index contributed by atoms with van der Waals surface area (Å²) in [6.45, 7) is 4.39. The monoisotopic (exact) mass is 583 g/mol. The number of nitrogens with one attached hydrogen (secondary N) is 1. The molecule has 0 spiro atoms. The van der Waals surface area contributed by atoms with Crippen LogP contribution in [0.5, 0.6) is 5.75 Å². The van der Waals surface area contributed by atoms with Crippen molar-refractivity contribution >= 4 is 46.7 Å². The number of amides is 2. The van der Waals surface area contributed by atoms with Gasteiger partial charge in [-0.3, -0.25) is 14.5 Å². The molecule has 10 heteroatoms. The van der Waals surface area contributed by atoms with Crippen LogP contribution in [0.15, 0.2) is 72.8 Å². The van der Waals surface area contributed by atoms with Crippen molar-refractivity contribution < 1.29 is 24.2 Å². The minimum atomic E-state index is -0.881. The number of nitrogens with zero attached hydrogens (tertiary/aromatic N) is 2. The topological polar surface area (TPSA) is 99.2 Å². The van der Waals surface area contributed by atoms with Crippen molar-refractivity contribution in [1.29, 1.82) is 0 Å². The quantitative estimate of drug-likeness (QED) is 0.258. The number of ether oxygens (including phenoxy) is 1. The van der Waals surface area contributed by atoms with Crippen LogP contribution < -0.4 is 10.2 Å². The molecule has 0 bridgehead atoms. The maximum atomic E-state index is 13.5. The molecule has 4 rings (SSSR count). The zero-order chi connectivity index (χ0) is 28.8. The first kappa shape index (κ1) is 29.4. The smallest absolute Gasteiger partial charge is 0.328 e. The second-order valence-electron chi connectivity index (χ2n) is 9.61. The van der Waals surface area contributed by atoms with Gasteiger partial charge < -0.3 is 20.1 Å². The molecule has 1 aliphatic rings. The lowest BCUT2D eigenvalue weighted by Crippen LogP contribution is -2.62. The van der Waals surface area contributed by atoms with E-state index in [2.05, 4.69) is 10.2 Å². The Hall–Kier alpha value is -3.59. The maximum Gasteiger partial charge on any atom is 0.328 e. The number of likely N-dealkylation sites (tertiary alicyclic amines) is 1. The predicted molar refractivity (Wildman–Crippen MR) is 155 cm³/mol. The van der Waals surface area contributed by atoms with E-state index in [9.17, 15) is 19.5 Å². The fraction of sp³-hybridized carbons (Fsp3) is 0.300. The third kappa shape index (κ3) is 7.13. The second kappa shape index (κ2) is 13.2. The van der Waals surface area contributed by atoms with Gasteiger partial charge in [-0.25, -0.2) is 4.79 Å². The lowest BCUT2D eigenvalue weighted by atomic mass is 9.92. The molecular formula is C30H31Cl2N3O5. The number of halogens is 2. The Morgan fingerprint density at radius 2 is 1.57 bits per heavy atom. The van der Waals surface area contributed by atoms with Gasteiger partial charge in [-0.2, -0.15) is 0 Å². The molecule has 2 N–H and O–H groups in total. The number of phenolic OH excluding ortho intramolecular Hbond substituents is 1. The minimum Gasteiger partial charge on any atom is -0.508 e. The highest BCUT2D eigenvalue weighted by Crippen LogP contribution is 2.36. The van der Waals surface area contributed by atoms with Gasteiger partial charge in [0.05, 0.1) is 18.7 Å². The predicted octanol–water partition coefficient (Wildman–Crippen LogP) is 4.96. The second-order valence-corrected chi connectivity index (χ2v) is 10.5. The van der Waals surface area contributed by atoms with Crippen LogP contribution in [0.1, 0.15) is 37.4 Å². The molecule has 1 atom stereocenters. The summed E-state index contributed by atoms with van der Waals surface area (Å²) in [6.07, 6.45) is -0.465. The molecule has 1 heterocycles. The third-order valence-corrected chi connectivity index (χ3v) is 7.20.